The molecule has 88 valence electrons. The highest BCUT2D eigenvalue weighted by Gasteiger charge is 2.11. The average molecular weight is 242 g/mol. The van der Waals surface area contributed by atoms with Gasteiger partial charge in [0.2, 0.25) is 0 Å². The van der Waals surface area contributed by atoms with Gasteiger partial charge in [-0.05, 0) is 32.1 Å². The van der Waals surface area contributed by atoms with Gasteiger partial charge >= 0.3 is 0 Å². The molecule has 0 aliphatic heterocycles. The Morgan fingerprint density at radius 3 is 2.88 bits per heavy atom. The first-order valence-electron chi connectivity index (χ1n) is 5.16. The molecule has 1 aromatic rings. The molecular weight excluding hydrogens is 226 g/mol. The Hall–Kier alpha value is -1.13. The van der Waals surface area contributed by atoms with Crippen LogP contribution in [0, 0.1) is 0 Å². The van der Waals surface area contributed by atoms with Gasteiger partial charge in [-0.1, -0.05) is 11.6 Å². The maximum atomic E-state index is 11.9. The SMILES string of the molecule is CNCCCN(C)C(=O)c1ccc(Cl)cn1. The number of hydrogen-bond acceptors (Lipinski definition) is 3. The van der Waals surface area contributed by atoms with Gasteiger partial charge in [0.25, 0.3) is 5.91 Å². The minimum Gasteiger partial charge on any atom is -0.340 e. The van der Waals surface area contributed by atoms with Gasteiger partial charge in [0.05, 0.1) is 5.02 Å². The van der Waals surface area contributed by atoms with Crippen LogP contribution in [0.5, 0.6) is 0 Å². The van der Waals surface area contributed by atoms with Crippen LogP contribution < -0.4 is 5.32 Å². The van der Waals surface area contributed by atoms with E-state index < -0.39 is 0 Å². The van der Waals surface area contributed by atoms with Gasteiger partial charge in [-0.25, -0.2) is 4.98 Å². The van der Waals surface area contributed by atoms with E-state index in [4.69, 9.17) is 11.6 Å². The second-order valence-corrected chi connectivity index (χ2v) is 3.98. The Morgan fingerprint density at radius 1 is 1.56 bits per heavy atom. The van der Waals surface area contributed by atoms with Crippen LogP contribution in [0.2, 0.25) is 5.02 Å². The summed E-state index contributed by atoms with van der Waals surface area (Å²) >= 11 is 5.70. The first kappa shape index (κ1) is 12.9. The lowest BCUT2D eigenvalue weighted by Crippen LogP contribution is -2.29. The zero-order valence-electron chi connectivity index (χ0n) is 9.53. The van der Waals surface area contributed by atoms with E-state index in [0.717, 1.165) is 13.0 Å². The number of nitrogens with zero attached hydrogens (tertiary/aromatic N) is 2. The first-order chi connectivity index (χ1) is 7.65. The number of carbonyl (C=O) groups is 1. The lowest BCUT2D eigenvalue weighted by atomic mass is 10.3. The number of rotatable bonds is 5. The molecule has 0 aliphatic carbocycles. The van der Waals surface area contributed by atoms with Crippen LogP contribution >= 0.6 is 11.6 Å². The molecule has 1 rings (SSSR count). The Balaban J connectivity index is 2.53. The number of nitrogens with one attached hydrogen (secondary N) is 1. The fourth-order valence-corrected chi connectivity index (χ4v) is 1.40. The smallest absolute Gasteiger partial charge is 0.272 e. The van der Waals surface area contributed by atoms with Crippen LogP contribution in [-0.4, -0.2) is 43.0 Å². The summed E-state index contributed by atoms with van der Waals surface area (Å²) in [6.07, 6.45) is 2.41. The van der Waals surface area contributed by atoms with E-state index in [1.165, 1.54) is 6.20 Å². The predicted molar refractivity (Wildman–Crippen MR) is 64.8 cm³/mol. The minimum atomic E-state index is -0.0761. The van der Waals surface area contributed by atoms with Crippen LogP contribution in [0.4, 0.5) is 0 Å². The average Bonchev–Trinajstić information content (AvgIpc) is 2.29. The topological polar surface area (TPSA) is 45.2 Å². The second kappa shape index (κ2) is 6.45. The number of pyridine rings is 1. The van der Waals surface area contributed by atoms with Gasteiger partial charge in [-0.2, -0.15) is 0 Å². The molecule has 1 heterocycles. The monoisotopic (exact) mass is 241 g/mol. The summed E-state index contributed by atoms with van der Waals surface area (Å²) < 4.78 is 0. The van der Waals surface area contributed by atoms with Crippen molar-refractivity contribution in [2.75, 3.05) is 27.2 Å². The highest BCUT2D eigenvalue weighted by atomic mass is 35.5. The van der Waals surface area contributed by atoms with E-state index in [1.54, 1.807) is 24.1 Å². The highest BCUT2D eigenvalue weighted by molar-refractivity contribution is 6.30. The van der Waals surface area contributed by atoms with Gasteiger partial charge in [0, 0.05) is 19.8 Å². The van der Waals surface area contributed by atoms with Crippen molar-refractivity contribution in [1.29, 1.82) is 0 Å². The van der Waals surface area contributed by atoms with E-state index in [9.17, 15) is 4.79 Å². The van der Waals surface area contributed by atoms with Gasteiger partial charge in [-0.15, -0.1) is 0 Å². The van der Waals surface area contributed by atoms with Crippen LogP contribution in [-0.2, 0) is 0 Å². The summed E-state index contributed by atoms with van der Waals surface area (Å²) in [5.41, 5.74) is 0.427. The van der Waals surface area contributed by atoms with Crippen molar-refractivity contribution in [2.24, 2.45) is 0 Å². The van der Waals surface area contributed by atoms with Crippen molar-refractivity contribution in [2.45, 2.75) is 6.42 Å². The lowest BCUT2D eigenvalue weighted by Gasteiger charge is -2.16. The summed E-state index contributed by atoms with van der Waals surface area (Å²) in [7, 11) is 3.66. The van der Waals surface area contributed by atoms with Crippen LogP contribution in [0.1, 0.15) is 16.9 Å². The summed E-state index contributed by atoms with van der Waals surface area (Å²) in [6.45, 7) is 1.61. The van der Waals surface area contributed by atoms with E-state index >= 15 is 0 Å². The molecule has 0 fully saturated rings. The maximum absolute atomic E-state index is 11.9. The van der Waals surface area contributed by atoms with Crippen molar-refractivity contribution in [1.82, 2.24) is 15.2 Å². The Bertz CT molecular complexity index is 340. The molecule has 0 bridgehead atoms. The van der Waals surface area contributed by atoms with E-state index in [2.05, 4.69) is 10.3 Å². The molecule has 0 saturated carbocycles. The molecule has 1 aromatic heterocycles. The molecule has 0 aromatic carbocycles. The largest absolute Gasteiger partial charge is 0.340 e. The van der Waals surface area contributed by atoms with E-state index in [0.29, 0.717) is 17.3 Å². The first-order valence-corrected chi connectivity index (χ1v) is 5.54. The van der Waals surface area contributed by atoms with Crippen molar-refractivity contribution in [3.8, 4) is 0 Å². The van der Waals surface area contributed by atoms with E-state index in [-0.39, 0.29) is 5.91 Å². The normalized spacial score (nSPS) is 10.2. The molecule has 16 heavy (non-hydrogen) atoms. The molecule has 0 unspecified atom stereocenters. The number of halogens is 1. The second-order valence-electron chi connectivity index (χ2n) is 3.55. The summed E-state index contributed by atoms with van der Waals surface area (Å²) in [5, 5.41) is 3.57. The molecule has 5 heteroatoms. The maximum Gasteiger partial charge on any atom is 0.272 e. The van der Waals surface area contributed by atoms with Gasteiger partial charge in [0.1, 0.15) is 5.69 Å². The fraction of sp³-hybridized carbons (Fsp3) is 0.455. The number of amides is 1. The lowest BCUT2D eigenvalue weighted by molar-refractivity contribution is 0.0788. The molecule has 4 nitrogen and oxygen atoms in total. The van der Waals surface area contributed by atoms with Crippen molar-refractivity contribution < 1.29 is 4.79 Å². The quantitative estimate of drug-likeness (QED) is 0.793. The number of carbonyl (C=O) groups excluding carboxylic acids is 1. The van der Waals surface area contributed by atoms with Crippen LogP contribution in [0.25, 0.3) is 0 Å². The molecule has 0 saturated heterocycles. The molecule has 0 radical (unpaired) electrons. The van der Waals surface area contributed by atoms with Gasteiger partial charge in [0.15, 0.2) is 0 Å². The summed E-state index contributed by atoms with van der Waals surface area (Å²) in [4.78, 5) is 17.5. The third-order valence-corrected chi connectivity index (χ3v) is 2.44. The molecular formula is C11H16ClN3O. The molecule has 0 atom stereocenters. The highest BCUT2D eigenvalue weighted by Crippen LogP contribution is 2.07. The Kier molecular flexibility index (Phi) is 5.22. The predicted octanol–water partition coefficient (Wildman–Crippen LogP) is 1.42. The fourth-order valence-electron chi connectivity index (χ4n) is 1.29. The minimum absolute atomic E-state index is 0.0761. The molecule has 1 N–H and O–H groups in total. The van der Waals surface area contributed by atoms with Crippen LogP contribution in [0.15, 0.2) is 18.3 Å². The zero-order valence-corrected chi connectivity index (χ0v) is 10.3. The Labute approximate surface area is 101 Å². The number of aromatic nitrogens is 1. The Morgan fingerprint density at radius 2 is 2.31 bits per heavy atom. The van der Waals surface area contributed by atoms with Crippen molar-refractivity contribution in [3.05, 3.63) is 29.0 Å². The van der Waals surface area contributed by atoms with Gasteiger partial charge < -0.3 is 10.2 Å². The third-order valence-electron chi connectivity index (χ3n) is 2.21. The van der Waals surface area contributed by atoms with E-state index in [1.807, 2.05) is 7.05 Å². The van der Waals surface area contributed by atoms with Crippen LogP contribution in [0.3, 0.4) is 0 Å². The molecule has 1 amide bonds. The summed E-state index contributed by atoms with van der Waals surface area (Å²) in [5.74, 6) is -0.0761. The zero-order chi connectivity index (χ0) is 12.0. The standard InChI is InChI=1S/C11H16ClN3O/c1-13-6-3-7-15(2)11(16)10-5-4-9(12)8-14-10/h4-5,8,13H,3,6-7H2,1-2H3. The van der Waals surface area contributed by atoms with Crippen molar-refractivity contribution >= 4 is 17.5 Å². The molecule has 0 aliphatic rings. The third kappa shape index (κ3) is 3.79. The molecule has 0 spiro atoms. The summed E-state index contributed by atoms with van der Waals surface area (Å²) in [6, 6.07) is 3.31. The number of hydrogen-bond donors (Lipinski definition) is 1. The van der Waals surface area contributed by atoms with Gasteiger partial charge in [-0.3, -0.25) is 4.79 Å². The van der Waals surface area contributed by atoms with Crippen molar-refractivity contribution in [3.63, 3.8) is 0 Å².